The third-order valence-electron chi connectivity index (χ3n) is 3.86. The van der Waals surface area contributed by atoms with Gasteiger partial charge in [-0.15, -0.1) is 0 Å². The Bertz CT molecular complexity index is 698. The van der Waals surface area contributed by atoms with Crippen LogP contribution in [0.1, 0.15) is 30.1 Å². The van der Waals surface area contributed by atoms with Gasteiger partial charge in [-0.3, -0.25) is 14.8 Å². The Balaban J connectivity index is 1.88. The highest BCUT2D eigenvalue weighted by Gasteiger charge is 2.24. The van der Waals surface area contributed by atoms with Gasteiger partial charge in [-0.2, -0.15) is 9.49 Å². The molecule has 7 heteroatoms. The minimum absolute atomic E-state index is 0.0486. The Morgan fingerprint density at radius 3 is 3.10 bits per heavy atom. The number of benzene rings is 1. The lowest BCUT2D eigenvalue weighted by Crippen LogP contribution is -2.17. The lowest BCUT2D eigenvalue weighted by molar-refractivity contribution is -0.387. The molecule has 0 radical (unpaired) electrons. The second-order valence-corrected chi connectivity index (χ2v) is 5.18. The lowest BCUT2D eigenvalue weighted by Gasteiger charge is -2.24. The van der Waals surface area contributed by atoms with Gasteiger partial charge in [0, 0.05) is 30.1 Å². The predicted molar refractivity (Wildman–Crippen MR) is 75.6 cm³/mol. The fourth-order valence-corrected chi connectivity index (χ4v) is 2.80. The van der Waals surface area contributed by atoms with Crippen LogP contribution in [-0.4, -0.2) is 14.7 Å². The average Bonchev–Trinajstić information content (AvgIpc) is 2.84. The van der Waals surface area contributed by atoms with Crippen LogP contribution >= 0.6 is 0 Å². The molecule has 0 spiro atoms. The second-order valence-electron chi connectivity index (χ2n) is 5.18. The fourth-order valence-electron chi connectivity index (χ4n) is 2.80. The number of fused-ring (bicyclic) bond motifs is 1. The average molecular weight is 290 g/mol. The van der Waals surface area contributed by atoms with Crippen molar-refractivity contribution in [2.45, 2.75) is 25.3 Å². The maximum Gasteiger partial charge on any atom is 0.306 e. The summed E-state index contributed by atoms with van der Waals surface area (Å²) in [6.07, 6.45) is 4.75. The van der Waals surface area contributed by atoms with E-state index in [-0.39, 0.29) is 6.04 Å². The molecule has 1 aromatic heterocycles. The number of aromatic nitrogens is 2. The minimum Gasteiger partial charge on any atom is -0.378 e. The summed E-state index contributed by atoms with van der Waals surface area (Å²) in [5.41, 5.74) is 2.32. The SMILES string of the molecule is Cn1ncc2c1CCCC2Nc1ccc(F)c([N+](=O)[O-])c1. The first-order chi connectivity index (χ1) is 10.1. The van der Waals surface area contributed by atoms with Crippen LogP contribution in [-0.2, 0) is 13.5 Å². The largest absolute Gasteiger partial charge is 0.378 e. The van der Waals surface area contributed by atoms with Gasteiger partial charge in [-0.1, -0.05) is 0 Å². The van der Waals surface area contributed by atoms with Crippen molar-refractivity contribution in [3.63, 3.8) is 0 Å². The number of halogens is 1. The van der Waals surface area contributed by atoms with Gasteiger partial charge >= 0.3 is 5.69 Å². The van der Waals surface area contributed by atoms with Gasteiger partial charge in [0.2, 0.25) is 5.82 Å². The minimum atomic E-state index is -0.823. The van der Waals surface area contributed by atoms with E-state index in [0.29, 0.717) is 5.69 Å². The molecule has 0 aliphatic heterocycles. The highest BCUT2D eigenvalue weighted by atomic mass is 19.1. The molecule has 21 heavy (non-hydrogen) atoms. The van der Waals surface area contributed by atoms with Crippen molar-refractivity contribution < 1.29 is 9.31 Å². The molecule has 110 valence electrons. The quantitative estimate of drug-likeness (QED) is 0.696. The number of hydrogen-bond donors (Lipinski definition) is 1. The van der Waals surface area contributed by atoms with Crippen molar-refractivity contribution in [3.8, 4) is 0 Å². The molecule has 0 amide bonds. The summed E-state index contributed by atoms with van der Waals surface area (Å²) in [5, 5.41) is 18.3. The first kappa shape index (κ1) is 13.5. The molecule has 1 unspecified atom stereocenters. The standard InChI is InChI=1S/C14H15FN4O2/c1-18-13-4-2-3-12(10(13)8-16-18)17-9-5-6-11(15)14(7-9)19(20)21/h5-8,12,17H,2-4H2,1H3. The number of hydrogen-bond acceptors (Lipinski definition) is 4. The molecule has 6 nitrogen and oxygen atoms in total. The van der Waals surface area contributed by atoms with E-state index in [4.69, 9.17) is 0 Å². The summed E-state index contributed by atoms with van der Waals surface area (Å²) in [7, 11) is 1.91. The van der Waals surface area contributed by atoms with Crippen molar-refractivity contribution in [2.24, 2.45) is 7.05 Å². The van der Waals surface area contributed by atoms with Gasteiger partial charge in [0.25, 0.3) is 0 Å². The first-order valence-electron chi connectivity index (χ1n) is 6.77. The van der Waals surface area contributed by atoms with Crippen LogP contribution < -0.4 is 5.32 Å². The number of anilines is 1. The van der Waals surface area contributed by atoms with Crippen molar-refractivity contribution in [1.29, 1.82) is 0 Å². The van der Waals surface area contributed by atoms with Gasteiger partial charge in [-0.05, 0) is 31.4 Å². The molecule has 2 aromatic rings. The van der Waals surface area contributed by atoms with Crippen LogP contribution in [0.3, 0.4) is 0 Å². The van der Waals surface area contributed by atoms with Crippen molar-refractivity contribution in [1.82, 2.24) is 9.78 Å². The Labute approximate surface area is 120 Å². The fraction of sp³-hybridized carbons (Fsp3) is 0.357. The second kappa shape index (κ2) is 5.16. The van der Waals surface area contributed by atoms with E-state index in [1.54, 1.807) is 0 Å². The van der Waals surface area contributed by atoms with E-state index in [1.807, 2.05) is 17.9 Å². The molecule has 1 heterocycles. The molecule has 1 aliphatic rings. The molecule has 1 aliphatic carbocycles. The number of aryl methyl sites for hydroxylation is 1. The molecule has 0 saturated heterocycles. The summed E-state index contributed by atoms with van der Waals surface area (Å²) >= 11 is 0. The summed E-state index contributed by atoms with van der Waals surface area (Å²) in [4.78, 5) is 10.1. The van der Waals surface area contributed by atoms with E-state index in [9.17, 15) is 14.5 Å². The molecule has 1 aromatic carbocycles. The Morgan fingerprint density at radius 2 is 2.33 bits per heavy atom. The zero-order valence-electron chi connectivity index (χ0n) is 11.5. The van der Waals surface area contributed by atoms with E-state index < -0.39 is 16.4 Å². The highest BCUT2D eigenvalue weighted by molar-refractivity contribution is 5.53. The molecule has 0 saturated carbocycles. The molecule has 3 rings (SSSR count). The van der Waals surface area contributed by atoms with Crippen LogP contribution in [0.5, 0.6) is 0 Å². The lowest BCUT2D eigenvalue weighted by atomic mass is 9.93. The zero-order valence-corrected chi connectivity index (χ0v) is 11.5. The van der Waals surface area contributed by atoms with Gasteiger partial charge in [0.05, 0.1) is 17.2 Å². The van der Waals surface area contributed by atoms with Crippen molar-refractivity contribution in [2.75, 3.05) is 5.32 Å². The van der Waals surface area contributed by atoms with E-state index >= 15 is 0 Å². The van der Waals surface area contributed by atoms with Crippen LogP contribution in [0.15, 0.2) is 24.4 Å². The summed E-state index contributed by atoms with van der Waals surface area (Å²) in [6, 6.07) is 3.92. The van der Waals surface area contributed by atoms with Crippen LogP contribution in [0, 0.1) is 15.9 Å². The molecule has 0 fully saturated rings. The third kappa shape index (κ3) is 2.46. The maximum atomic E-state index is 13.4. The van der Waals surface area contributed by atoms with E-state index in [2.05, 4.69) is 10.4 Å². The van der Waals surface area contributed by atoms with Gasteiger partial charge in [0.15, 0.2) is 0 Å². The summed E-state index contributed by atoms with van der Waals surface area (Å²) in [5.74, 6) is -0.823. The van der Waals surface area contributed by atoms with E-state index in [1.165, 1.54) is 17.8 Å². The monoisotopic (exact) mass is 290 g/mol. The van der Waals surface area contributed by atoms with E-state index in [0.717, 1.165) is 30.9 Å². The van der Waals surface area contributed by atoms with Crippen LogP contribution in [0.25, 0.3) is 0 Å². The van der Waals surface area contributed by atoms with Crippen molar-refractivity contribution in [3.05, 3.63) is 51.6 Å². The van der Waals surface area contributed by atoms with Gasteiger partial charge in [-0.25, -0.2) is 0 Å². The molecule has 1 N–H and O–H groups in total. The Kier molecular flexibility index (Phi) is 3.32. The molecule has 1 atom stereocenters. The first-order valence-corrected chi connectivity index (χ1v) is 6.77. The summed E-state index contributed by atoms with van der Waals surface area (Å²) in [6.45, 7) is 0. The zero-order chi connectivity index (χ0) is 15.0. The molecular formula is C14H15FN4O2. The number of nitrogens with one attached hydrogen (secondary N) is 1. The van der Waals surface area contributed by atoms with Gasteiger partial charge in [0.1, 0.15) is 0 Å². The molecular weight excluding hydrogens is 275 g/mol. The third-order valence-corrected chi connectivity index (χ3v) is 3.86. The number of nitrogens with zero attached hydrogens (tertiary/aromatic N) is 3. The normalized spacial score (nSPS) is 17.3. The summed E-state index contributed by atoms with van der Waals surface area (Å²) < 4.78 is 15.2. The smallest absolute Gasteiger partial charge is 0.306 e. The Morgan fingerprint density at radius 1 is 1.52 bits per heavy atom. The predicted octanol–water partition coefficient (Wildman–Crippen LogP) is 2.96. The molecule has 0 bridgehead atoms. The van der Waals surface area contributed by atoms with Crippen LogP contribution in [0.2, 0.25) is 0 Å². The maximum absolute atomic E-state index is 13.4. The Hall–Kier alpha value is -2.44. The number of rotatable bonds is 3. The van der Waals surface area contributed by atoms with Crippen LogP contribution in [0.4, 0.5) is 15.8 Å². The highest BCUT2D eigenvalue weighted by Crippen LogP contribution is 2.33. The van der Waals surface area contributed by atoms with Gasteiger partial charge < -0.3 is 5.32 Å². The van der Waals surface area contributed by atoms with Crippen molar-refractivity contribution >= 4 is 11.4 Å². The number of nitro groups is 1. The topological polar surface area (TPSA) is 73.0 Å². The number of nitro benzene ring substituents is 1.